The third-order valence-electron chi connectivity index (χ3n) is 2.88. The van der Waals surface area contributed by atoms with E-state index in [1.165, 1.54) is 34.3 Å². The molecule has 2 heterocycles. The first kappa shape index (κ1) is 10.5. The first-order valence-corrected chi connectivity index (χ1v) is 6.89. The van der Waals surface area contributed by atoms with Gasteiger partial charge in [-0.3, -0.25) is 0 Å². The van der Waals surface area contributed by atoms with Crippen molar-refractivity contribution in [1.29, 1.82) is 0 Å². The molecule has 1 nitrogen and oxygen atoms in total. The highest BCUT2D eigenvalue weighted by Crippen LogP contribution is 2.34. The fraction of sp³-hybridized carbons (Fsp3) is 1.00. The van der Waals surface area contributed by atoms with Gasteiger partial charge in [0.2, 0.25) is 0 Å². The SMILES string of the molecule is CC.CPC1CC2CCC(C1)N2. The molecule has 0 aliphatic carbocycles. The van der Waals surface area contributed by atoms with Gasteiger partial charge in [0.25, 0.3) is 0 Å². The van der Waals surface area contributed by atoms with Crippen LogP contribution >= 0.6 is 8.58 Å². The van der Waals surface area contributed by atoms with Crippen LogP contribution in [0.2, 0.25) is 0 Å². The van der Waals surface area contributed by atoms with E-state index in [4.69, 9.17) is 0 Å². The van der Waals surface area contributed by atoms with Crippen LogP contribution in [0.5, 0.6) is 0 Å². The number of fused-ring (bicyclic) bond motifs is 2. The van der Waals surface area contributed by atoms with E-state index in [1.807, 2.05) is 13.8 Å². The van der Waals surface area contributed by atoms with Crippen molar-refractivity contribution < 1.29 is 0 Å². The minimum Gasteiger partial charge on any atom is -0.311 e. The molecular weight excluding hydrogens is 165 g/mol. The van der Waals surface area contributed by atoms with Crippen molar-refractivity contribution in [2.45, 2.75) is 57.3 Å². The van der Waals surface area contributed by atoms with E-state index in [1.54, 1.807) is 0 Å². The molecule has 2 bridgehead atoms. The van der Waals surface area contributed by atoms with Crippen molar-refractivity contribution in [3.63, 3.8) is 0 Å². The van der Waals surface area contributed by atoms with Crippen molar-refractivity contribution in [2.24, 2.45) is 0 Å². The number of hydrogen-bond donors (Lipinski definition) is 1. The van der Waals surface area contributed by atoms with Crippen LogP contribution in [0.25, 0.3) is 0 Å². The van der Waals surface area contributed by atoms with E-state index in [-0.39, 0.29) is 0 Å². The van der Waals surface area contributed by atoms with Gasteiger partial charge in [0.15, 0.2) is 0 Å². The van der Waals surface area contributed by atoms with Crippen molar-refractivity contribution in [1.82, 2.24) is 5.32 Å². The maximum Gasteiger partial charge on any atom is 0.00761 e. The number of rotatable bonds is 1. The highest BCUT2D eigenvalue weighted by molar-refractivity contribution is 7.37. The lowest BCUT2D eigenvalue weighted by Gasteiger charge is -2.27. The minimum atomic E-state index is 0.899. The van der Waals surface area contributed by atoms with Crippen LogP contribution in [0.15, 0.2) is 0 Å². The fourth-order valence-electron chi connectivity index (χ4n) is 2.29. The smallest absolute Gasteiger partial charge is 0.00761 e. The van der Waals surface area contributed by atoms with Crippen molar-refractivity contribution in [2.75, 3.05) is 6.66 Å². The van der Waals surface area contributed by atoms with Crippen LogP contribution in [0, 0.1) is 0 Å². The topological polar surface area (TPSA) is 12.0 Å². The number of hydrogen-bond acceptors (Lipinski definition) is 1. The van der Waals surface area contributed by atoms with E-state index in [0.717, 1.165) is 17.7 Å². The average Bonchev–Trinajstić information content (AvgIpc) is 2.49. The quantitative estimate of drug-likeness (QED) is 0.622. The summed E-state index contributed by atoms with van der Waals surface area (Å²) in [6.45, 7) is 6.36. The third kappa shape index (κ3) is 2.44. The lowest BCUT2D eigenvalue weighted by Crippen LogP contribution is -2.38. The second-order valence-electron chi connectivity index (χ2n) is 3.59. The van der Waals surface area contributed by atoms with Crippen molar-refractivity contribution in [3.05, 3.63) is 0 Å². The molecule has 1 N–H and O–H groups in total. The highest BCUT2D eigenvalue weighted by atomic mass is 31.1. The molecule has 2 fully saturated rings. The van der Waals surface area contributed by atoms with Gasteiger partial charge in [0.05, 0.1) is 0 Å². The predicted octanol–water partition coefficient (Wildman–Crippen LogP) is 2.60. The Hall–Kier alpha value is 0.390. The molecular formula is C10H22NP. The molecule has 0 saturated carbocycles. The van der Waals surface area contributed by atoms with Gasteiger partial charge in [0.1, 0.15) is 0 Å². The van der Waals surface area contributed by atoms with Crippen molar-refractivity contribution >= 4 is 8.58 Å². The normalized spacial score (nSPS) is 39.8. The van der Waals surface area contributed by atoms with Crippen molar-refractivity contribution in [3.8, 4) is 0 Å². The molecule has 12 heavy (non-hydrogen) atoms. The Morgan fingerprint density at radius 2 is 1.58 bits per heavy atom. The zero-order valence-corrected chi connectivity index (χ0v) is 9.56. The second-order valence-corrected chi connectivity index (χ2v) is 4.99. The summed E-state index contributed by atoms with van der Waals surface area (Å²) in [5.74, 6) is 0. The zero-order chi connectivity index (χ0) is 8.97. The molecule has 3 atom stereocenters. The maximum atomic E-state index is 3.66. The van der Waals surface area contributed by atoms with E-state index in [9.17, 15) is 0 Å². The number of piperidine rings is 1. The minimum absolute atomic E-state index is 0.899. The van der Waals surface area contributed by atoms with Gasteiger partial charge in [-0.05, 0) is 38.0 Å². The Morgan fingerprint density at radius 3 is 2.00 bits per heavy atom. The molecule has 3 unspecified atom stereocenters. The second kappa shape index (κ2) is 5.19. The molecule has 2 heteroatoms. The van der Waals surface area contributed by atoms with E-state index < -0.39 is 0 Å². The summed E-state index contributed by atoms with van der Waals surface area (Å²) < 4.78 is 0. The van der Waals surface area contributed by atoms with Gasteiger partial charge in [-0.2, -0.15) is 0 Å². The molecule has 2 rings (SSSR count). The molecule has 2 saturated heterocycles. The van der Waals surface area contributed by atoms with Crippen LogP contribution in [-0.4, -0.2) is 24.4 Å². The summed E-state index contributed by atoms with van der Waals surface area (Å²) in [5.41, 5.74) is 1.07. The van der Waals surface area contributed by atoms with Crippen LogP contribution < -0.4 is 5.32 Å². The van der Waals surface area contributed by atoms with E-state index in [2.05, 4.69) is 12.0 Å². The fourth-order valence-corrected chi connectivity index (χ4v) is 3.33. The van der Waals surface area contributed by atoms with Crippen LogP contribution in [0.3, 0.4) is 0 Å². The van der Waals surface area contributed by atoms with Crippen LogP contribution in [-0.2, 0) is 0 Å². The lowest BCUT2D eigenvalue weighted by molar-refractivity contribution is 0.413. The number of nitrogens with one attached hydrogen (secondary N) is 1. The predicted molar refractivity (Wildman–Crippen MR) is 58.6 cm³/mol. The summed E-state index contributed by atoms with van der Waals surface area (Å²) in [6, 6.07) is 1.80. The Kier molecular flexibility index (Phi) is 4.53. The average molecular weight is 187 g/mol. The molecule has 0 amide bonds. The standard InChI is InChI=1S/C8H16NP.C2H6/c1-10-8-4-6-2-3-7(5-8)9-6;1-2/h6-10H,2-5H2,1H3;1-2H3. The monoisotopic (exact) mass is 187 g/mol. The Morgan fingerprint density at radius 1 is 1.08 bits per heavy atom. The van der Waals surface area contributed by atoms with Gasteiger partial charge in [-0.25, -0.2) is 0 Å². The summed E-state index contributed by atoms with van der Waals surface area (Å²) in [4.78, 5) is 0. The Balaban J connectivity index is 0.000000336. The summed E-state index contributed by atoms with van der Waals surface area (Å²) >= 11 is 0. The molecule has 2 aliphatic rings. The van der Waals surface area contributed by atoms with Crippen LogP contribution in [0.4, 0.5) is 0 Å². The Labute approximate surface area is 78.5 Å². The van der Waals surface area contributed by atoms with Gasteiger partial charge in [-0.1, -0.05) is 13.8 Å². The summed E-state index contributed by atoms with van der Waals surface area (Å²) in [7, 11) is 1.18. The van der Waals surface area contributed by atoms with Gasteiger partial charge < -0.3 is 5.32 Å². The maximum absolute atomic E-state index is 3.66. The molecule has 0 aromatic carbocycles. The van der Waals surface area contributed by atoms with E-state index >= 15 is 0 Å². The first-order chi connectivity index (χ1) is 5.88. The molecule has 72 valence electrons. The molecule has 0 aromatic heterocycles. The summed E-state index contributed by atoms with van der Waals surface area (Å²) in [5, 5.41) is 3.66. The largest absolute Gasteiger partial charge is 0.311 e. The summed E-state index contributed by atoms with van der Waals surface area (Å²) in [6.07, 6.45) is 5.83. The third-order valence-corrected chi connectivity index (χ3v) is 4.17. The van der Waals surface area contributed by atoms with Gasteiger partial charge in [0, 0.05) is 12.1 Å². The highest BCUT2D eigenvalue weighted by Gasteiger charge is 2.32. The molecule has 2 aliphatic heterocycles. The van der Waals surface area contributed by atoms with E-state index in [0.29, 0.717) is 0 Å². The molecule has 0 spiro atoms. The van der Waals surface area contributed by atoms with Gasteiger partial charge in [-0.15, -0.1) is 8.58 Å². The first-order valence-electron chi connectivity index (χ1n) is 5.32. The molecule has 0 radical (unpaired) electrons. The Bertz CT molecular complexity index is 115. The van der Waals surface area contributed by atoms with Crippen LogP contribution in [0.1, 0.15) is 39.5 Å². The van der Waals surface area contributed by atoms with Gasteiger partial charge >= 0.3 is 0 Å². The zero-order valence-electron chi connectivity index (χ0n) is 8.56. The lowest BCUT2D eigenvalue weighted by atomic mass is 10.1. The molecule has 0 aromatic rings.